The Balaban J connectivity index is 2.21. The molecule has 1 aromatic heterocycles. The minimum Gasteiger partial charge on any atom is -0.352 e. The fourth-order valence-corrected chi connectivity index (χ4v) is 1.64. The first kappa shape index (κ1) is 13.6. The van der Waals surface area contributed by atoms with Gasteiger partial charge in [-0.1, -0.05) is 13.8 Å². The Morgan fingerprint density at radius 2 is 2.18 bits per heavy atom. The second-order valence-corrected chi connectivity index (χ2v) is 3.88. The van der Waals surface area contributed by atoms with E-state index in [1.807, 2.05) is 0 Å². The second-order valence-electron chi connectivity index (χ2n) is 3.88. The van der Waals surface area contributed by atoms with Crippen molar-refractivity contribution in [3.8, 4) is 0 Å². The van der Waals surface area contributed by atoms with Crippen LogP contribution in [0.5, 0.6) is 0 Å². The molecule has 0 saturated heterocycles. The molecule has 17 heavy (non-hydrogen) atoms. The Kier molecular flexibility index (Phi) is 6.25. The van der Waals surface area contributed by atoms with E-state index in [1.165, 1.54) is 0 Å². The highest BCUT2D eigenvalue weighted by atomic mass is 16.1. The summed E-state index contributed by atoms with van der Waals surface area (Å²) in [5, 5.41) is 2.90. The van der Waals surface area contributed by atoms with E-state index in [0.717, 1.165) is 26.1 Å². The number of aromatic nitrogens is 1. The van der Waals surface area contributed by atoms with Gasteiger partial charge in [-0.3, -0.25) is 9.78 Å². The Morgan fingerprint density at radius 3 is 2.76 bits per heavy atom. The zero-order valence-corrected chi connectivity index (χ0v) is 10.6. The van der Waals surface area contributed by atoms with Gasteiger partial charge in [0.25, 0.3) is 5.91 Å². The third kappa shape index (κ3) is 4.95. The summed E-state index contributed by atoms with van der Waals surface area (Å²) >= 11 is 0. The number of amides is 1. The summed E-state index contributed by atoms with van der Waals surface area (Å²) in [6.45, 7) is 8.17. The fourth-order valence-electron chi connectivity index (χ4n) is 1.64. The largest absolute Gasteiger partial charge is 0.352 e. The molecule has 0 aliphatic carbocycles. The van der Waals surface area contributed by atoms with Crippen molar-refractivity contribution in [3.63, 3.8) is 0 Å². The van der Waals surface area contributed by atoms with Crippen molar-refractivity contribution in [2.45, 2.75) is 20.3 Å². The standard InChI is InChI=1S/C13H21N3O/c1-3-16(4-2)10-6-9-15-13(17)12-7-5-8-14-11-12/h5,7-8,11H,3-4,6,9-10H2,1-2H3,(H,15,17). The molecule has 1 amide bonds. The molecule has 1 aromatic rings. The van der Waals surface area contributed by atoms with Gasteiger partial charge in [0.1, 0.15) is 0 Å². The van der Waals surface area contributed by atoms with Crippen LogP contribution in [0, 0.1) is 0 Å². The number of rotatable bonds is 7. The minimum absolute atomic E-state index is 0.0438. The number of nitrogens with zero attached hydrogens (tertiary/aromatic N) is 2. The summed E-state index contributed by atoms with van der Waals surface area (Å²) in [5.74, 6) is -0.0438. The van der Waals surface area contributed by atoms with E-state index < -0.39 is 0 Å². The summed E-state index contributed by atoms with van der Waals surface area (Å²) in [7, 11) is 0. The maximum absolute atomic E-state index is 11.7. The van der Waals surface area contributed by atoms with Crippen LogP contribution in [0.1, 0.15) is 30.6 Å². The Labute approximate surface area is 103 Å². The van der Waals surface area contributed by atoms with Gasteiger partial charge in [0.15, 0.2) is 0 Å². The van der Waals surface area contributed by atoms with Gasteiger partial charge < -0.3 is 10.2 Å². The highest BCUT2D eigenvalue weighted by Gasteiger charge is 2.04. The van der Waals surface area contributed by atoms with Gasteiger partial charge in [-0.2, -0.15) is 0 Å². The van der Waals surface area contributed by atoms with Gasteiger partial charge >= 0.3 is 0 Å². The van der Waals surface area contributed by atoms with Crippen molar-refractivity contribution in [2.75, 3.05) is 26.2 Å². The summed E-state index contributed by atoms with van der Waals surface area (Å²) in [6.07, 6.45) is 4.23. The van der Waals surface area contributed by atoms with E-state index in [-0.39, 0.29) is 5.91 Å². The Morgan fingerprint density at radius 1 is 1.41 bits per heavy atom. The van der Waals surface area contributed by atoms with Crippen LogP contribution in [0.25, 0.3) is 0 Å². The van der Waals surface area contributed by atoms with E-state index in [0.29, 0.717) is 12.1 Å². The van der Waals surface area contributed by atoms with Crippen molar-refractivity contribution in [2.24, 2.45) is 0 Å². The van der Waals surface area contributed by atoms with Crippen molar-refractivity contribution < 1.29 is 4.79 Å². The summed E-state index contributed by atoms with van der Waals surface area (Å²) in [5.41, 5.74) is 0.621. The maximum atomic E-state index is 11.7. The topological polar surface area (TPSA) is 45.2 Å². The van der Waals surface area contributed by atoms with Crippen LogP contribution >= 0.6 is 0 Å². The van der Waals surface area contributed by atoms with Gasteiger partial charge in [0.2, 0.25) is 0 Å². The third-order valence-corrected chi connectivity index (χ3v) is 2.75. The Hall–Kier alpha value is -1.42. The van der Waals surface area contributed by atoms with Crippen LogP contribution in [-0.2, 0) is 0 Å². The lowest BCUT2D eigenvalue weighted by molar-refractivity contribution is 0.0951. The van der Waals surface area contributed by atoms with Gasteiger partial charge in [0, 0.05) is 18.9 Å². The molecule has 0 atom stereocenters. The van der Waals surface area contributed by atoms with Crippen LogP contribution in [-0.4, -0.2) is 42.0 Å². The molecule has 94 valence electrons. The molecular formula is C13H21N3O. The number of pyridine rings is 1. The molecule has 0 spiro atoms. The van der Waals surface area contributed by atoms with E-state index in [2.05, 4.69) is 29.0 Å². The van der Waals surface area contributed by atoms with Gasteiger partial charge in [0.05, 0.1) is 5.56 Å². The number of carbonyl (C=O) groups excluding carboxylic acids is 1. The molecule has 4 nitrogen and oxygen atoms in total. The summed E-state index contributed by atoms with van der Waals surface area (Å²) in [6, 6.07) is 3.54. The molecule has 0 bridgehead atoms. The number of carbonyl (C=O) groups is 1. The smallest absolute Gasteiger partial charge is 0.252 e. The molecule has 1 rings (SSSR count). The highest BCUT2D eigenvalue weighted by molar-refractivity contribution is 5.93. The lowest BCUT2D eigenvalue weighted by atomic mass is 10.2. The normalized spacial score (nSPS) is 10.5. The predicted molar refractivity (Wildman–Crippen MR) is 69.0 cm³/mol. The number of hydrogen-bond donors (Lipinski definition) is 1. The van der Waals surface area contributed by atoms with Gasteiger partial charge in [-0.25, -0.2) is 0 Å². The predicted octanol–water partition coefficient (Wildman–Crippen LogP) is 1.54. The molecule has 0 fully saturated rings. The van der Waals surface area contributed by atoms with Crippen molar-refractivity contribution in [1.82, 2.24) is 15.2 Å². The van der Waals surface area contributed by atoms with Crippen LogP contribution in [0.15, 0.2) is 24.5 Å². The van der Waals surface area contributed by atoms with Gasteiger partial charge in [-0.15, -0.1) is 0 Å². The monoisotopic (exact) mass is 235 g/mol. The van der Waals surface area contributed by atoms with E-state index in [4.69, 9.17) is 0 Å². The average molecular weight is 235 g/mol. The highest BCUT2D eigenvalue weighted by Crippen LogP contribution is 1.95. The SMILES string of the molecule is CCN(CC)CCCNC(=O)c1cccnc1. The zero-order chi connectivity index (χ0) is 12.5. The van der Waals surface area contributed by atoms with Crippen molar-refractivity contribution in [3.05, 3.63) is 30.1 Å². The van der Waals surface area contributed by atoms with E-state index in [1.54, 1.807) is 24.5 Å². The molecule has 1 N–H and O–H groups in total. The van der Waals surface area contributed by atoms with Crippen molar-refractivity contribution in [1.29, 1.82) is 0 Å². The first-order chi connectivity index (χ1) is 8.27. The summed E-state index contributed by atoms with van der Waals surface area (Å²) in [4.78, 5) is 17.9. The number of nitrogens with one attached hydrogen (secondary N) is 1. The van der Waals surface area contributed by atoms with Crippen LogP contribution < -0.4 is 5.32 Å². The Bertz CT molecular complexity index is 323. The molecule has 1 heterocycles. The molecule has 0 aromatic carbocycles. The lowest BCUT2D eigenvalue weighted by Gasteiger charge is -2.17. The molecule has 4 heteroatoms. The van der Waals surface area contributed by atoms with Crippen LogP contribution in [0.4, 0.5) is 0 Å². The van der Waals surface area contributed by atoms with E-state index >= 15 is 0 Å². The molecule has 0 aliphatic heterocycles. The minimum atomic E-state index is -0.0438. The van der Waals surface area contributed by atoms with Gasteiger partial charge in [-0.05, 0) is 38.2 Å². The first-order valence-electron chi connectivity index (χ1n) is 6.18. The third-order valence-electron chi connectivity index (χ3n) is 2.75. The lowest BCUT2D eigenvalue weighted by Crippen LogP contribution is -2.29. The quantitative estimate of drug-likeness (QED) is 0.729. The average Bonchev–Trinajstić information content (AvgIpc) is 2.40. The summed E-state index contributed by atoms with van der Waals surface area (Å²) < 4.78 is 0. The number of hydrogen-bond acceptors (Lipinski definition) is 3. The van der Waals surface area contributed by atoms with Crippen LogP contribution in [0.3, 0.4) is 0 Å². The molecule has 0 radical (unpaired) electrons. The molecular weight excluding hydrogens is 214 g/mol. The fraction of sp³-hybridized carbons (Fsp3) is 0.538. The van der Waals surface area contributed by atoms with Crippen molar-refractivity contribution >= 4 is 5.91 Å². The zero-order valence-electron chi connectivity index (χ0n) is 10.6. The second kappa shape index (κ2) is 7.79. The van der Waals surface area contributed by atoms with E-state index in [9.17, 15) is 4.79 Å². The van der Waals surface area contributed by atoms with Crippen LogP contribution in [0.2, 0.25) is 0 Å². The molecule has 0 aliphatic rings. The first-order valence-corrected chi connectivity index (χ1v) is 6.18. The maximum Gasteiger partial charge on any atom is 0.252 e. The molecule has 0 saturated carbocycles. The molecule has 0 unspecified atom stereocenters.